The monoisotopic (exact) mass is 296 g/mol. The Hall–Kier alpha value is -1.56. The van der Waals surface area contributed by atoms with Gasteiger partial charge in [0.1, 0.15) is 24.4 Å². The first-order valence-corrected chi connectivity index (χ1v) is 5.33. The molecule has 5 atom stereocenters. The smallest absolute Gasteiger partial charge is 0.333 e. The van der Waals surface area contributed by atoms with Gasteiger partial charge in [-0.15, -0.1) is 0 Å². The van der Waals surface area contributed by atoms with Gasteiger partial charge < -0.3 is 40.5 Å². The van der Waals surface area contributed by atoms with Crippen LogP contribution in [0.3, 0.4) is 0 Å². The van der Waals surface area contributed by atoms with Gasteiger partial charge in [0, 0.05) is 12.2 Å². The van der Waals surface area contributed by atoms with Gasteiger partial charge in [0.25, 0.3) is 0 Å². The molecule has 20 heavy (non-hydrogen) atoms. The van der Waals surface area contributed by atoms with Crippen molar-refractivity contribution in [2.75, 3.05) is 6.61 Å². The van der Waals surface area contributed by atoms with E-state index in [9.17, 15) is 30.0 Å². The van der Waals surface area contributed by atoms with Gasteiger partial charge in [-0.3, -0.25) is 0 Å². The number of rotatable bonds is 8. The van der Waals surface area contributed by atoms with Crippen molar-refractivity contribution in [3.05, 3.63) is 12.2 Å². The number of carbonyl (C=O) groups is 2. The van der Waals surface area contributed by atoms with Crippen LogP contribution < -0.4 is 0 Å². The van der Waals surface area contributed by atoms with Crippen molar-refractivity contribution in [1.29, 1.82) is 0 Å². The van der Waals surface area contributed by atoms with Gasteiger partial charge in [-0.25, -0.2) is 9.59 Å². The van der Waals surface area contributed by atoms with Crippen LogP contribution in [0.5, 0.6) is 0 Å². The average molecular weight is 296 g/mol. The minimum Gasteiger partial charge on any atom is -0.478 e. The van der Waals surface area contributed by atoms with Crippen molar-refractivity contribution in [3.8, 4) is 0 Å². The number of hydrogen-bond acceptors (Lipinski definition) is 9. The van der Waals surface area contributed by atoms with Crippen LogP contribution >= 0.6 is 0 Å². The predicted octanol–water partition coefficient (Wildman–Crippen LogP) is -4.08. The minimum atomic E-state index is -2.28. The molecule has 0 aliphatic heterocycles. The molecule has 0 aliphatic carbocycles. The summed E-state index contributed by atoms with van der Waals surface area (Å²) in [6.07, 6.45) is -9.51. The molecule has 0 fully saturated rings. The Morgan fingerprint density at radius 1 is 0.950 bits per heavy atom. The number of esters is 1. The standard InChI is InChI=1S/C10H16O10/c11-3-4(12)7(16)8(17)9(18)10(19)20-6(15)2-1-5(13)14/h1-2,4,7-12,16-19H,3H2,(H,13,14)/b2-1-/t4-,7-,8+,9-,10?/m1/s1. The molecule has 0 amide bonds. The van der Waals surface area contributed by atoms with E-state index >= 15 is 0 Å². The molecule has 0 heterocycles. The Bertz CT molecular complexity index is 354. The van der Waals surface area contributed by atoms with Gasteiger partial charge in [0.2, 0.25) is 6.29 Å². The SMILES string of the molecule is O=C(O)/C=C\C(=O)OC(O)[C@H](O)[C@@H](O)[C@H](O)[C@H](O)CO. The van der Waals surface area contributed by atoms with E-state index in [2.05, 4.69) is 4.74 Å². The van der Waals surface area contributed by atoms with Crippen molar-refractivity contribution in [2.24, 2.45) is 0 Å². The molecule has 0 radical (unpaired) electrons. The molecular weight excluding hydrogens is 280 g/mol. The largest absolute Gasteiger partial charge is 0.478 e. The van der Waals surface area contributed by atoms with Gasteiger partial charge in [-0.1, -0.05) is 0 Å². The van der Waals surface area contributed by atoms with Gasteiger partial charge in [0.05, 0.1) is 6.61 Å². The zero-order valence-electron chi connectivity index (χ0n) is 10.1. The number of aliphatic carboxylic acids is 1. The summed E-state index contributed by atoms with van der Waals surface area (Å²) in [6.45, 7) is -0.915. The third-order valence-corrected chi connectivity index (χ3v) is 2.17. The van der Waals surface area contributed by atoms with Crippen LogP contribution in [0.4, 0.5) is 0 Å². The lowest BCUT2D eigenvalue weighted by atomic mass is 10.0. The second kappa shape index (κ2) is 8.58. The second-order valence-corrected chi connectivity index (χ2v) is 3.72. The molecule has 0 aromatic rings. The van der Waals surface area contributed by atoms with Gasteiger partial charge in [-0.05, 0) is 0 Å². The van der Waals surface area contributed by atoms with Crippen LogP contribution in [0.1, 0.15) is 0 Å². The molecule has 116 valence electrons. The summed E-state index contributed by atoms with van der Waals surface area (Å²) in [5.74, 6) is -2.76. The summed E-state index contributed by atoms with van der Waals surface area (Å²) >= 11 is 0. The summed E-state index contributed by atoms with van der Waals surface area (Å²) in [7, 11) is 0. The van der Waals surface area contributed by atoms with Crippen LogP contribution in [0.2, 0.25) is 0 Å². The number of aliphatic hydroxyl groups is 6. The molecule has 0 rings (SSSR count). The third-order valence-electron chi connectivity index (χ3n) is 2.17. The third kappa shape index (κ3) is 6.06. The Morgan fingerprint density at radius 2 is 1.50 bits per heavy atom. The van der Waals surface area contributed by atoms with E-state index in [1.54, 1.807) is 0 Å². The van der Waals surface area contributed by atoms with Crippen molar-refractivity contribution in [3.63, 3.8) is 0 Å². The zero-order valence-corrected chi connectivity index (χ0v) is 10.1. The molecule has 1 unspecified atom stereocenters. The fourth-order valence-electron chi connectivity index (χ4n) is 1.07. The molecule has 0 saturated heterocycles. The maximum absolute atomic E-state index is 11.0. The summed E-state index contributed by atoms with van der Waals surface area (Å²) in [5, 5.41) is 63.0. The second-order valence-electron chi connectivity index (χ2n) is 3.72. The summed E-state index contributed by atoms with van der Waals surface area (Å²) in [5.41, 5.74) is 0. The molecule has 0 spiro atoms. The van der Waals surface area contributed by atoms with Crippen molar-refractivity contribution < 1.29 is 50.1 Å². The Kier molecular flexibility index (Phi) is 7.91. The first kappa shape index (κ1) is 18.4. The zero-order chi connectivity index (χ0) is 15.9. The van der Waals surface area contributed by atoms with Crippen LogP contribution in [-0.4, -0.2) is 85.0 Å². The summed E-state index contributed by atoms with van der Waals surface area (Å²) in [4.78, 5) is 21.1. The highest BCUT2D eigenvalue weighted by atomic mass is 16.6. The average Bonchev–Trinajstić information content (AvgIpc) is 2.41. The van der Waals surface area contributed by atoms with E-state index in [-0.39, 0.29) is 0 Å². The van der Waals surface area contributed by atoms with Crippen molar-refractivity contribution >= 4 is 11.9 Å². The molecule has 0 aromatic carbocycles. The maximum Gasteiger partial charge on any atom is 0.333 e. The first-order chi connectivity index (χ1) is 9.20. The number of ether oxygens (including phenoxy) is 1. The molecule has 0 aromatic heterocycles. The normalized spacial score (nSPS) is 19.1. The van der Waals surface area contributed by atoms with E-state index < -0.39 is 49.3 Å². The Morgan fingerprint density at radius 3 is 1.95 bits per heavy atom. The van der Waals surface area contributed by atoms with Gasteiger partial charge in [-0.2, -0.15) is 0 Å². The molecular formula is C10H16O10. The molecule has 0 bridgehead atoms. The van der Waals surface area contributed by atoms with E-state index in [0.29, 0.717) is 12.2 Å². The Balaban J connectivity index is 4.50. The van der Waals surface area contributed by atoms with Gasteiger partial charge >= 0.3 is 11.9 Å². The fraction of sp³-hybridized carbons (Fsp3) is 0.600. The topological polar surface area (TPSA) is 185 Å². The highest BCUT2D eigenvalue weighted by Crippen LogP contribution is 2.09. The van der Waals surface area contributed by atoms with Crippen LogP contribution in [0.15, 0.2) is 12.2 Å². The molecule has 7 N–H and O–H groups in total. The maximum atomic E-state index is 11.0. The minimum absolute atomic E-state index is 0.419. The lowest BCUT2D eigenvalue weighted by Gasteiger charge is -2.27. The van der Waals surface area contributed by atoms with E-state index in [4.69, 9.17) is 15.3 Å². The fourth-order valence-corrected chi connectivity index (χ4v) is 1.07. The first-order valence-electron chi connectivity index (χ1n) is 5.33. The predicted molar refractivity (Wildman–Crippen MR) is 60.0 cm³/mol. The number of aliphatic hydroxyl groups excluding tert-OH is 6. The van der Waals surface area contributed by atoms with E-state index in [1.807, 2.05) is 0 Å². The van der Waals surface area contributed by atoms with E-state index in [1.165, 1.54) is 0 Å². The molecule has 10 nitrogen and oxygen atoms in total. The number of carboxylic acid groups (broad SMARTS) is 1. The number of carbonyl (C=O) groups excluding carboxylic acids is 1. The van der Waals surface area contributed by atoms with Crippen molar-refractivity contribution in [2.45, 2.75) is 30.7 Å². The lowest BCUT2D eigenvalue weighted by Crippen LogP contribution is -2.50. The van der Waals surface area contributed by atoms with Crippen LogP contribution in [0.25, 0.3) is 0 Å². The highest BCUT2D eigenvalue weighted by molar-refractivity contribution is 5.90. The van der Waals surface area contributed by atoms with Crippen LogP contribution in [-0.2, 0) is 14.3 Å². The van der Waals surface area contributed by atoms with Gasteiger partial charge in [0.15, 0.2) is 0 Å². The van der Waals surface area contributed by atoms with Crippen molar-refractivity contribution in [1.82, 2.24) is 0 Å². The quantitative estimate of drug-likeness (QED) is 0.132. The summed E-state index contributed by atoms with van der Waals surface area (Å²) < 4.78 is 4.15. The lowest BCUT2D eigenvalue weighted by molar-refractivity contribution is -0.210. The molecule has 10 heteroatoms. The molecule has 0 aliphatic rings. The van der Waals surface area contributed by atoms with E-state index in [0.717, 1.165) is 0 Å². The number of carboxylic acids is 1. The molecule has 0 saturated carbocycles. The van der Waals surface area contributed by atoms with Crippen LogP contribution in [0, 0.1) is 0 Å². The Labute approximate surface area is 112 Å². The summed E-state index contributed by atoms with van der Waals surface area (Å²) in [6, 6.07) is 0. The number of hydrogen-bond donors (Lipinski definition) is 7. The highest BCUT2D eigenvalue weighted by Gasteiger charge is 2.35.